The van der Waals surface area contributed by atoms with Gasteiger partial charge in [0.25, 0.3) is 0 Å². The Hall–Kier alpha value is -1.10. The summed E-state index contributed by atoms with van der Waals surface area (Å²) < 4.78 is 5.93. The highest BCUT2D eigenvalue weighted by atomic mass is 35.5. The topological polar surface area (TPSA) is 41.6 Å². The molecule has 5 heteroatoms. The highest BCUT2D eigenvalue weighted by molar-refractivity contribution is 6.31. The van der Waals surface area contributed by atoms with Crippen LogP contribution in [0.25, 0.3) is 0 Å². The molecule has 0 bridgehead atoms. The standard InChI is InChI=1S/C16H21ClN2O2/c17-14-5-2-1-4-13(14)10-19-12-16(21-11-15(19)20)6-3-8-18-9-7-16/h1-2,4-5,18H,3,6-12H2. The summed E-state index contributed by atoms with van der Waals surface area (Å²) >= 11 is 6.22. The molecule has 0 aliphatic carbocycles. The highest BCUT2D eigenvalue weighted by Gasteiger charge is 2.39. The van der Waals surface area contributed by atoms with Crippen molar-refractivity contribution in [2.24, 2.45) is 0 Å². The minimum absolute atomic E-state index is 0.0535. The summed E-state index contributed by atoms with van der Waals surface area (Å²) in [6.07, 6.45) is 3.06. The molecule has 3 rings (SSSR count). The predicted octanol–water partition coefficient (Wildman–Crippen LogP) is 2.21. The molecule has 2 saturated heterocycles. The van der Waals surface area contributed by atoms with Gasteiger partial charge in [-0.05, 0) is 44.0 Å². The van der Waals surface area contributed by atoms with Gasteiger partial charge in [0.2, 0.25) is 5.91 Å². The average molecular weight is 309 g/mol. The first-order valence-electron chi connectivity index (χ1n) is 7.54. The van der Waals surface area contributed by atoms with Gasteiger partial charge in [0.05, 0.1) is 12.1 Å². The zero-order valence-electron chi connectivity index (χ0n) is 12.1. The van der Waals surface area contributed by atoms with Crippen LogP contribution < -0.4 is 5.32 Å². The summed E-state index contributed by atoms with van der Waals surface area (Å²) in [5.41, 5.74) is 0.815. The van der Waals surface area contributed by atoms with E-state index in [0.717, 1.165) is 37.9 Å². The molecule has 0 radical (unpaired) electrons. The second-order valence-electron chi connectivity index (χ2n) is 5.92. The molecule has 1 aromatic carbocycles. The van der Waals surface area contributed by atoms with Crippen molar-refractivity contribution < 1.29 is 9.53 Å². The summed E-state index contributed by atoms with van der Waals surface area (Å²) in [6.45, 7) is 3.40. The number of rotatable bonds is 2. The summed E-state index contributed by atoms with van der Waals surface area (Å²) in [7, 11) is 0. The van der Waals surface area contributed by atoms with Crippen molar-refractivity contribution in [2.45, 2.75) is 31.4 Å². The maximum atomic E-state index is 12.2. The Morgan fingerprint density at radius 2 is 2.14 bits per heavy atom. The number of halogens is 1. The number of nitrogens with zero attached hydrogens (tertiary/aromatic N) is 1. The zero-order chi connectivity index (χ0) is 14.7. The first-order valence-corrected chi connectivity index (χ1v) is 7.92. The van der Waals surface area contributed by atoms with Crippen molar-refractivity contribution in [2.75, 3.05) is 26.2 Å². The molecule has 0 aromatic heterocycles. The molecule has 1 aromatic rings. The van der Waals surface area contributed by atoms with E-state index in [1.54, 1.807) is 0 Å². The van der Waals surface area contributed by atoms with Crippen LogP contribution in [-0.4, -0.2) is 42.6 Å². The normalized spacial score (nSPS) is 26.9. The second-order valence-corrected chi connectivity index (χ2v) is 6.32. The van der Waals surface area contributed by atoms with E-state index < -0.39 is 0 Å². The summed E-state index contributed by atoms with van der Waals surface area (Å²) in [5.74, 6) is 0.0535. The van der Waals surface area contributed by atoms with Gasteiger partial charge in [0.1, 0.15) is 6.61 Å². The molecular weight excluding hydrogens is 288 g/mol. The predicted molar refractivity (Wildman–Crippen MR) is 82.3 cm³/mol. The van der Waals surface area contributed by atoms with Crippen molar-refractivity contribution in [1.82, 2.24) is 10.2 Å². The number of morpholine rings is 1. The molecule has 2 fully saturated rings. The Kier molecular flexibility index (Phi) is 4.48. The van der Waals surface area contributed by atoms with Gasteiger partial charge in [-0.1, -0.05) is 29.8 Å². The number of ether oxygens (including phenoxy) is 1. The molecule has 1 unspecified atom stereocenters. The Bertz CT molecular complexity index is 513. The molecule has 0 saturated carbocycles. The third-order valence-corrected chi connectivity index (χ3v) is 4.76. The van der Waals surface area contributed by atoms with Crippen LogP contribution in [0.4, 0.5) is 0 Å². The smallest absolute Gasteiger partial charge is 0.248 e. The van der Waals surface area contributed by atoms with Crippen molar-refractivity contribution in [3.05, 3.63) is 34.9 Å². The Morgan fingerprint density at radius 3 is 3.00 bits per heavy atom. The van der Waals surface area contributed by atoms with Crippen LogP contribution >= 0.6 is 11.6 Å². The fourth-order valence-corrected chi connectivity index (χ4v) is 3.36. The van der Waals surface area contributed by atoms with Gasteiger partial charge in [0, 0.05) is 11.6 Å². The lowest BCUT2D eigenvalue weighted by Gasteiger charge is -2.42. The molecule has 1 amide bonds. The summed E-state index contributed by atoms with van der Waals surface area (Å²) in [4.78, 5) is 14.1. The molecule has 1 atom stereocenters. The molecular formula is C16H21ClN2O2. The van der Waals surface area contributed by atoms with Gasteiger partial charge in [-0.2, -0.15) is 0 Å². The highest BCUT2D eigenvalue weighted by Crippen LogP contribution is 2.30. The van der Waals surface area contributed by atoms with Gasteiger partial charge in [-0.3, -0.25) is 4.79 Å². The van der Waals surface area contributed by atoms with Crippen molar-refractivity contribution in [3.63, 3.8) is 0 Å². The lowest BCUT2D eigenvalue weighted by atomic mass is 9.92. The lowest BCUT2D eigenvalue weighted by Crippen LogP contribution is -2.54. The van der Waals surface area contributed by atoms with Crippen LogP contribution in [-0.2, 0) is 16.1 Å². The van der Waals surface area contributed by atoms with E-state index in [0.29, 0.717) is 18.1 Å². The molecule has 1 N–H and O–H groups in total. The number of hydrogen-bond acceptors (Lipinski definition) is 3. The summed E-state index contributed by atoms with van der Waals surface area (Å²) in [6, 6.07) is 7.71. The molecule has 2 heterocycles. The Labute approximate surface area is 130 Å². The number of carbonyl (C=O) groups excluding carboxylic acids is 1. The average Bonchev–Trinajstić information content (AvgIpc) is 2.71. The number of amides is 1. The van der Waals surface area contributed by atoms with Crippen LogP contribution in [0.3, 0.4) is 0 Å². The van der Waals surface area contributed by atoms with Crippen LogP contribution in [0.2, 0.25) is 5.02 Å². The second kappa shape index (κ2) is 6.34. The third kappa shape index (κ3) is 3.39. The van der Waals surface area contributed by atoms with Gasteiger partial charge < -0.3 is 15.0 Å². The molecule has 1 spiro atoms. The van der Waals surface area contributed by atoms with Gasteiger partial charge in [-0.15, -0.1) is 0 Å². The molecule has 114 valence electrons. The molecule has 4 nitrogen and oxygen atoms in total. The summed E-state index contributed by atoms with van der Waals surface area (Å²) in [5, 5.41) is 4.12. The van der Waals surface area contributed by atoms with Gasteiger partial charge in [-0.25, -0.2) is 0 Å². The molecule has 2 aliphatic heterocycles. The first-order chi connectivity index (χ1) is 10.2. The van der Waals surface area contributed by atoms with Gasteiger partial charge in [0.15, 0.2) is 0 Å². The zero-order valence-corrected chi connectivity index (χ0v) is 12.9. The minimum Gasteiger partial charge on any atom is -0.363 e. The quantitative estimate of drug-likeness (QED) is 0.911. The SMILES string of the molecule is O=C1COC2(CCCNCC2)CN1Cc1ccccc1Cl. The van der Waals surface area contributed by atoms with E-state index in [1.165, 1.54) is 0 Å². The van der Waals surface area contributed by atoms with Crippen LogP contribution in [0.15, 0.2) is 24.3 Å². The molecule has 21 heavy (non-hydrogen) atoms. The van der Waals surface area contributed by atoms with E-state index in [1.807, 2.05) is 29.2 Å². The number of hydrogen-bond donors (Lipinski definition) is 1. The minimum atomic E-state index is -0.182. The fourth-order valence-electron chi connectivity index (χ4n) is 3.17. The maximum absolute atomic E-state index is 12.2. The Balaban J connectivity index is 1.74. The van der Waals surface area contributed by atoms with Crippen molar-refractivity contribution >= 4 is 17.5 Å². The largest absolute Gasteiger partial charge is 0.363 e. The van der Waals surface area contributed by atoms with Crippen LogP contribution in [0, 0.1) is 0 Å². The van der Waals surface area contributed by atoms with E-state index in [4.69, 9.17) is 16.3 Å². The van der Waals surface area contributed by atoms with E-state index in [2.05, 4.69) is 5.32 Å². The third-order valence-electron chi connectivity index (χ3n) is 4.40. The Morgan fingerprint density at radius 1 is 1.29 bits per heavy atom. The van der Waals surface area contributed by atoms with Crippen LogP contribution in [0.5, 0.6) is 0 Å². The van der Waals surface area contributed by atoms with E-state index >= 15 is 0 Å². The van der Waals surface area contributed by atoms with E-state index in [-0.39, 0.29) is 18.1 Å². The number of nitrogens with one attached hydrogen (secondary N) is 1. The van der Waals surface area contributed by atoms with Crippen molar-refractivity contribution in [3.8, 4) is 0 Å². The molecule has 2 aliphatic rings. The fraction of sp³-hybridized carbons (Fsp3) is 0.562. The van der Waals surface area contributed by atoms with E-state index in [9.17, 15) is 4.79 Å². The van der Waals surface area contributed by atoms with Crippen LogP contribution in [0.1, 0.15) is 24.8 Å². The lowest BCUT2D eigenvalue weighted by molar-refractivity contribution is -0.166. The maximum Gasteiger partial charge on any atom is 0.248 e. The first kappa shape index (κ1) is 14.8. The number of carbonyl (C=O) groups is 1. The van der Waals surface area contributed by atoms with Crippen molar-refractivity contribution in [1.29, 1.82) is 0 Å². The van der Waals surface area contributed by atoms with Gasteiger partial charge >= 0.3 is 0 Å². The number of benzene rings is 1. The monoisotopic (exact) mass is 308 g/mol.